The molecule has 0 fully saturated rings. The number of nitrogens with one attached hydrogen (secondary N) is 6. The molecule has 13 N–H and O–H groups in total. The summed E-state index contributed by atoms with van der Waals surface area (Å²) in [6, 6.07) is 2.56. The van der Waals surface area contributed by atoms with E-state index in [0.29, 0.717) is 0 Å². The molecule has 1 rings (SSSR count). The Balaban J connectivity index is 3.54. The number of carboxylic acid groups (broad SMARTS) is 1. The molecule has 0 aliphatic heterocycles. The lowest BCUT2D eigenvalue weighted by Crippen LogP contribution is -2.28. The van der Waals surface area contributed by atoms with Gasteiger partial charge < -0.3 is 38.3 Å². The maximum absolute atomic E-state index is 11.2. The minimum Gasteiger partial charge on any atom is -0.478 e. The maximum Gasteiger partial charge on any atom is 0.337 e. The maximum atomic E-state index is 11.2. The van der Waals surface area contributed by atoms with E-state index < -0.39 is 23.8 Å². The minimum atomic E-state index is -1.28. The zero-order valence-electron chi connectivity index (χ0n) is 10.7. The second-order valence-corrected chi connectivity index (χ2v) is 3.83. The van der Waals surface area contributed by atoms with Crippen LogP contribution >= 0.6 is 0 Å². The molecule has 0 aromatic heterocycles. The van der Waals surface area contributed by atoms with Gasteiger partial charge in [0.1, 0.15) is 0 Å². The van der Waals surface area contributed by atoms with Crippen LogP contribution in [-0.2, 0) is 0 Å². The van der Waals surface area contributed by atoms with Crippen molar-refractivity contribution in [3.63, 3.8) is 0 Å². The van der Waals surface area contributed by atoms with Crippen molar-refractivity contribution < 1.29 is 9.90 Å². The van der Waals surface area contributed by atoms with Crippen LogP contribution in [0.3, 0.4) is 0 Å². The van der Waals surface area contributed by atoms with E-state index in [9.17, 15) is 4.79 Å². The van der Waals surface area contributed by atoms with Gasteiger partial charge in [-0.3, -0.25) is 16.2 Å². The van der Waals surface area contributed by atoms with Crippen LogP contribution in [0, 0.1) is 16.2 Å². The van der Waals surface area contributed by atoms with E-state index in [1.54, 1.807) is 0 Å². The van der Waals surface area contributed by atoms with Crippen molar-refractivity contribution >= 4 is 40.9 Å². The first-order valence-electron chi connectivity index (χ1n) is 5.45. The van der Waals surface area contributed by atoms with Gasteiger partial charge in [-0.15, -0.1) is 0 Å². The quantitative estimate of drug-likeness (QED) is 0.251. The number of carboxylic acids is 1. The van der Waals surface area contributed by atoms with Crippen molar-refractivity contribution in [3.8, 4) is 0 Å². The van der Waals surface area contributed by atoms with E-state index in [1.165, 1.54) is 12.1 Å². The number of rotatable bonds is 4. The molecule has 0 atom stereocenters. The van der Waals surface area contributed by atoms with Crippen LogP contribution in [0.15, 0.2) is 12.1 Å². The van der Waals surface area contributed by atoms with Gasteiger partial charge in [0.2, 0.25) is 0 Å². The lowest BCUT2D eigenvalue weighted by Gasteiger charge is -2.19. The van der Waals surface area contributed by atoms with Crippen LogP contribution in [-0.4, -0.2) is 29.0 Å². The van der Waals surface area contributed by atoms with Crippen LogP contribution in [0.5, 0.6) is 0 Å². The van der Waals surface area contributed by atoms with E-state index in [2.05, 4.69) is 16.0 Å². The van der Waals surface area contributed by atoms with Gasteiger partial charge in [0, 0.05) is 0 Å². The highest BCUT2D eigenvalue weighted by Gasteiger charge is 2.19. The number of aromatic carboxylic acids is 1. The summed E-state index contributed by atoms with van der Waals surface area (Å²) in [5.74, 6) is -2.67. The number of guanidine groups is 3. The summed E-state index contributed by atoms with van der Waals surface area (Å²) < 4.78 is 0. The molecule has 0 aliphatic carbocycles. The highest BCUT2D eigenvalue weighted by Crippen LogP contribution is 2.34. The third kappa shape index (κ3) is 3.99. The summed E-state index contributed by atoms with van der Waals surface area (Å²) in [7, 11) is 0. The zero-order chi connectivity index (χ0) is 16.2. The van der Waals surface area contributed by atoms with Crippen molar-refractivity contribution in [2.75, 3.05) is 16.0 Å². The largest absolute Gasteiger partial charge is 0.478 e. The third-order valence-corrected chi connectivity index (χ3v) is 2.22. The molecule has 1 aromatic carbocycles. The van der Waals surface area contributed by atoms with E-state index in [1.807, 2.05) is 0 Å². The van der Waals surface area contributed by atoms with Crippen LogP contribution in [0.2, 0.25) is 0 Å². The molecule has 21 heavy (non-hydrogen) atoms. The van der Waals surface area contributed by atoms with Crippen LogP contribution in [0.4, 0.5) is 17.1 Å². The predicted molar refractivity (Wildman–Crippen MR) is 80.0 cm³/mol. The Morgan fingerprint density at radius 3 is 1.81 bits per heavy atom. The molecule has 0 aliphatic rings. The average molecular weight is 293 g/mol. The van der Waals surface area contributed by atoms with Gasteiger partial charge in [-0.25, -0.2) is 4.79 Å². The normalized spacial score (nSPS) is 9.52. The van der Waals surface area contributed by atoms with Crippen molar-refractivity contribution in [3.05, 3.63) is 17.7 Å². The third-order valence-electron chi connectivity index (χ3n) is 2.22. The standard InChI is InChI=1S/C10H15N9O2/c11-8(12)17-4-2-1-3(7(20)21)5(18-9(13)14)6(4)19-10(15)16/h1-2H,(H,20,21)(H4,11,12,17)(H4,13,14,18)(H4,15,16,19). The number of carbonyl (C=O) groups is 1. The summed E-state index contributed by atoms with van der Waals surface area (Å²) in [5, 5.41) is 38.1. The first kappa shape index (κ1) is 15.6. The first-order chi connectivity index (χ1) is 9.72. The number of nitrogens with two attached hydrogens (primary N) is 3. The first-order valence-corrected chi connectivity index (χ1v) is 5.45. The molecule has 11 nitrogen and oxygen atoms in total. The van der Waals surface area contributed by atoms with E-state index in [-0.39, 0.29) is 22.6 Å². The minimum absolute atomic E-state index is 0.0211. The Labute approximate surface area is 119 Å². The summed E-state index contributed by atoms with van der Waals surface area (Å²) in [5.41, 5.74) is 15.6. The van der Waals surface area contributed by atoms with E-state index in [0.717, 1.165) is 0 Å². The fourth-order valence-corrected chi connectivity index (χ4v) is 1.56. The molecule has 1 aromatic rings. The molecule has 0 radical (unpaired) electrons. The monoisotopic (exact) mass is 293 g/mol. The molecule has 0 saturated heterocycles. The molecular formula is C10H15N9O2. The lowest BCUT2D eigenvalue weighted by molar-refractivity contribution is 0.0698. The smallest absolute Gasteiger partial charge is 0.337 e. The molecule has 0 amide bonds. The van der Waals surface area contributed by atoms with Crippen LogP contribution in [0.1, 0.15) is 10.4 Å². The van der Waals surface area contributed by atoms with Gasteiger partial charge in [-0.1, -0.05) is 0 Å². The zero-order valence-corrected chi connectivity index (χ0v) is 10.7. The molecule has 11 heteroatoms. The van der Waals surface area contributed by atoms with E-state index in [4.69, 9.17) is 38.5 Å². The number of hydrogen-bond acceptors (Lipinski definition) is 4. The summed E-state index contributed by atoms with van der Waals surface area (Å²) in [6.07, 6.45) is 0. The molecule has 0 heterocycles. The van der Waals surface area contributed by atoms with Crippen molar-refractivity contribution in [2.45, 2.75) is 0 Å². The topological polar surface area (TPSA) is 223 Å². The number of hydrogen-bond donors (Lipinski definition) is 10. The summed E-state index contributed by atoms with van der Waals surface area (Å²) >= 11 is 0. The number of benzene rings is 1. The summed E-state index contributed by atoms with van der Waals surface area (Å²) in [4.78, 5) is 11.2. The van der Waals surface area contributed by atoms with Crippen molar-refractivity contribution in [2.24, 2.45) is 17.2 Å². The molecule has 0 unspecified atom stereocenters. The second kappa shape index (κ2) is 6.10. The lowest BCUT2D eigenvalue weighted by atomic mass is 10.1. The van der Waals surface area contributed by atoms with Crippen LogP contribution in [0.25, 0.3) is 0 Å². The molecule has 0 spiro atoms. The highest BCUT2D eigenvalue weighted by molar-refractivity contribution is 6.11. The van der Waals surface area contributed by atoms with Gasteiger partial charge in [0.05, 0.1) is 22.6 Å². The number of anilines is 3. The van der Waals surface area contributed by atoms with Crippen LogP contribution < -0.4 is 33.2 Å². The van der Waals surface area contributed by atoms with Gasteiger partial charge >= 0.3 is 5.97 Å². The fraction of sp³-hybridized carbons (Fsp3) is 0. The summed E-state index contributed by atoms with van der Waals surface area (Å²) in [6.45, 7) is 0. The fourth-order valence-electron chi connectivity index (χ4n) is 1.56. The molecular weight excluding hydrogens is 278 g/mol. The average Bonchev–Trinajstić information content (AvgIpc) is 2.31. The molecule has 112 valence electrons. The molecule has 0 bridgehead atoms. The predicted octanol–water partition coefficient (Wildman–Crippen LogP) is -0.699. The van der Waals surface area contributed by atoms with Gasteiger partial charge in [-0.2, -0.15) is 0 Å². The van der Waals surface area contributed by atoms with E-state index >= 15 is 0 Å². The van der Waals surface area contributed by atoms with Crippen molar-refractivity contribution in [1.82, 2.24) is 0 Å². The van der Waals surface area contributed by atoms with Crippen molar-refractivity contribution in [1.29, 1.82) is 16.2 Å². The van der Waals surface area contributed by atoms with Gasteiger partial charge in [0.25, 0.3) is 0 Å². The second-order valence-electron chi connectivity index (χ2n) is 3.83. The SMILES string of the molecule is N=C(N)Nc1ccc(C(=O)O)c(NC(=N)N)c1NC(=N)N. The van der Waals surface area contributed by atoms with Gasteiger partial charge in [-0.05, 0) is 12.1 Å². The Morgan fingerprint density at radius 1 is 0.905 bits per heavy atom. The highest BCUT2D eigenvalue weighted by atomic mass is 16.4. The Hall–Kier alpha value is -3.50. The Bertz CT molecular complexity index is 625. The molecule has 0 saturated carbocycles. The Kier molecular flexibility index (Phi) is 4.52. The van der Waals surface area contributed by atoms with Gasteiger partial charge in [0.15, 0.2) is 17.9 Å². The Morgan fingerprint density at radius 2 is 1.38 bits per heavy atom.